The molecule has 0 bridgehead atoms. The van der Waals surface area contributed by atoms with Gasteiger partial charge in [-0.15, -0.1) is 11.3 Å². The molecule has 1 aromatic carbocycles. The van der Waals surface area contributed by atoms with Gasteiger partial charge in [-0.25, -0.2) is 8.78 Å². The van der Waals surface area contributed by atoms with Crippen LogP contribution in [0.5, 0.6) is 11.5 Å². The average Bonchev–Trinajstić information content (AvgIpc) is 2.96. The fourth-order valence-corrected chi connectivity index (χ4v) is 3.30. The molecular formula is C15H22F2N4O4S. The predicted molar refractivity (Wildman–Crippen MR) is 93.5 cm³/mol. The van der Waals surface area contributed by atoms with Gasteiger partial charge in [0.25, 0.3) is 0 Å². The van der Waals surface area contributed by atoms with Gasteiger partial charge in [0.05, 0.1) is 31.0 Å². The average molecular weight is 392 g/mol. The minimum Gasteiger partial charge on any atom is -0.613 e. The molecule has 26 heavy (non-hydrogen) atoms. The van der Waals surface area contributed by atoms with Crippen molar-refractivity contribution in [3.8, 4) is 11.5 Å². The Morgan fingerprint density at radius 3 is 2.00 bits per heavy atom. The van der Waals surface area contributed by atoms with Crippen LogP contribution < -0.4 is 31.5 Å². The summed E-state index contributed by atoms with van der Waals surface area (Å²) in [6, 6.07) is 1.53. The third kappa shape index (κ3) is 5.20. The molecule has 0 aliphatic heterocycles. The van der Waals surface area contributed by atoms with Gasteiger partial charge in [0.15, 0.2) is 11.6 Å². The lowest BCUT2D eigenvalue weighted by Gasteiger charge is -2.18. The quantitative estimate of drug-likeness (QED) is 0.246. The van der Waals surface area contributed by atoms with Crippen LogP contribution in [0.1, 0.15) is 17.7 Å². The molecule has 146 valence electrons. The number of quaternary nitrogens is 2. The number of aryl methyl sites for hydroxylation is 1. The molecule has 2 unspecified atom stereocenters. The van der Waals surface area contributed by atoms with E-state index in [-0.39, 0.29) is 60.7 Å². The molecule has 6 N–H and O–H groups in total. The number of hydroxylamine groups is 2. The summed E-state index contributed by atoms with van der Waals surface area (Å²) in [5.74, 6) is 7.95. The van der Waals surface area contributed by atoms with Crippen molar-refractivity contribution in [1.82, 2.24) is 0 Å². The SMILES string of the molecule is Cc1cc2c(F)c(OCCC[NH+](N)[O-])c(OCCC[NH+](N)[O-])c(F)c2s1. The molecule has 0 fully saturated rings. The summed E-state index contributed by atoms with van der Waals surface area (Å²) in [6.45, 7) is 1.83. The summed E-state index contributed by atoms with van der Waals surface area (Å²) in [5.41, 5.74) is 0. The summed E-state index contributed by atoms with van der Waals surface area (Å²) in [7, 11) is 0. The molecule has 0 radical (unpaired) electrons. The molecule has 8 nitrogen and oxygen atoms in total. The van der Waals surface area contributed by atoms with Crippen LogP contribution in [-0.2, 0) is 0 Å². The maximum Gasteiger partial charge on any atom is 0.201 e. The summed E-state index contributed by atoms with van der Waals surface area (Å²) in [6.07, 6.45) is 0.525. The Hall–Kier alpha value is -1.60. The molecule has 2 atom stereocenters. The minimum absolute atomic E-state index is 0.0210. The van der Waals surface area contributed by atoms with Crippen molar-refractivity contribution < 1.29 is 28.6 Å². The van der Waals surface area contributed by atoms with E-state index < -0.39 is 22.0 Å². The second-order valence-electron chi connectivity index (χ2n) is 5.72. The van der Waals surface area contributed by atoms with Gasteiger partial charge >= 0.3 is 0 Å². The van der Waals surface area contributed by atoms with E-state index in [1.54, 1.807) is 6.92 Å². The Balaban J connectivity index is 2.25. The molecule has 0 saturated heterocycles. The van der Waals surface area contributed by atoms with Crippen LogP contribution in [0, 0.1) is 29.0 Å². The summed E-state index contributed by atoms with van der Waals surface area (Å²) >= 11 is 1.11. The zero-order valence-corrected chi connectivity index (χ0v) is 15.1. The van der Waals surface area contributed by atoms with Gasteiger partial charge in [-0.05, 0) is 13.0 Å². The molecule has 0 aliphatic carbocycles. The van der Waals surface area contributed by atoms with Gasteiger partial charge < -0.3 is 19.9 Å². The fourth-order valence-electron chi connectivity index (χ4n) is 2.36. The van der Waals surface area contributed by atoms with E-state index in [1.165, 1.54) is 6.07 Å². The Morgan fingerprint density at radius 1 is 1.00 bits per heavy atom. The number of hydrogen-bond donors (Lipinski definition) is 4. The maximum absolute atomic E-state index is 14.8. The lowest BCUT2D eigenvalue weighted by molar-refractivity contribution is -0.861. The Kier molecular flexibility index (Phi) is 7.46. The lowest BCUT2D eigenvalue weighted by atomic mass is 10.2. The molecule has 11 heteroatoms. The highest BCUT2D eigenvalue weighted by Gasteiger charge is 2.24. The van der Waals surface area contributed by atoms with Crippen molar-refractivity contribution in [2.45, 2.75) is 19.8 Å². The third-order valence-corrected chi connectivity index (χ3v) is 4.57. The Morgan fingerprint density at radius 2 is 1.50 bits per heavy atom. The molecule has 1 heterocycles. The Labute approximate surface area is 153 Å². The van der Waals surface area contributed by atoms with E-state index in [9.17, 15) is 19.2 Å². The molecule has 0 amide bonds. The van der Waals surface area contributed by atoms with Crippen molar-refractivity contribution >= 4 is 21.4 Å². The van der Waals surface area contributed by atoms with Crippen molar-refractivity contribution in [3.63, 3.8) is 0 Å². The van der Waals surface area contributed by atoms with Crippen LogP contribution in [0.15, 0.2) is 6.07 Å². The highest BCUT2D eigenvalue weighted by Crippen LogP contribution is 2.43. The van der Waals surface area contributed by atoms with Gasteiger partial charge in [-0.2, -0.15) is 11.7 Å². The molecule has 0 spiro atoms. The summed E-state index contributed by atoms with van der Waals surface area (Å²) < 4.78 is 40.5. The van der Waals surface area contributed by atoms with Gasteiger partial charge in [0.1, 0.15) is 0 Å². The zero-order chi connectivity index (χ0) is 19.3. The van der Waals surface area contributed by atoms with E-state index >= 15 is 0 Å². The first-order valence-electron chi connectivity index (χ1n) is 8.04. The highest BCUT2D eigenvalue weighted by atomic mass is 32.1. The second-order valence-corrected chi connectivity index (χ2v) is 6.98. The van der Waals surface area contributed by atoms with Crippen LogP contribution in [-0.4, -0.2) is 26.3 Å². The molecule has 2 aromatic rings. The van der Waals surface area contributed by atoms with E-state index in [0.717, 1.165) is 16.2 Å². The van der Waals surface area contributed by atoms with E-state index in [2.05, 4.69) is 0 Å². The molecular weight excluding hydrogens is 370 g/mol. The fraction of sp³-hybridized carbons (Fsp3) is 0.467. The van der Waals surface area contributed by atoms with Gasteiger partial charge in [0, 0.05) is 23.1 Å². The number of benzene rings is 1. The first-order chi connectivity index (χ1) is 12.3. The zero-order valence-electron chi connectivity index (χ0n) is 14.3. The minimum atomic E-state index is -0.727. The standard InChI is InChI=1S/C15H22F2N4O4S/c1-9-8-10-11(16)13(24-6-2-4-20(18)22)14(12(17)15(10)26-9)25-7-3-5-21(19)23/h8,20-21H,2-7,18-19H2,1H3. The van der Waals surface area contributed by atoms with Crippen LogP contribution in [0.2, 0.25) is 0 Å². The number of hydrogen-bond acceptors (Lipinski definition) is 7. The maximum atomic E-state index is 14.8. The van der Waals surface area contributed by atoms with Crippen molar-refractivity contribution in [2.75, 3.05) is 26.3 Å². The third-order valence-electron chi connectivity index (χ3n) is 3.52. The molecule has 1 aromatic heterocycles. The van der Waals surface area contributed by atoms with Crippen LogP contribution in [0.4, 0.5) is 8.78 Å². The number of rotatable bonds is 10. The highest BCUT2D eigenvalue weighted by molar-refractivity contribution is 7.19. The molecule has 0 saturated carbocycles. The predicted octanol–water partition coefficient (Wildman–Crippen LogP) is -0.461. The largest absolute Gasteiger partial charge is 0.613 e. The number of ether oxygens (including phenoxy) is 2. The first-order valence-corrected chi connectivity index (χ1v) is 8.86. The first kappa shape index (κ1) is 20.7. The van der Waals surface area contributed by atoms with E-state index in [0.29, 0.717) is 0 Å². The number of nitrogens with one attached hydrogen (secondary N) is 2. The van der Waals surface area contributed by atoms with Gasteiger partial charge in [-0.3, -0.25) is 10.3 Å². The number of nitrogens with two attached hydrogens (primary N) is 2. The van der Waals surface area contributed by atoms with E-state index in [4.69, 9.17) is 21.2 Å². The number of thiophene rings is 1. The van der Waals surface area contributed by atoms with Crippen LogP contribution >= 0.6 is 11.3 Å². The molecule has 0 aliphatic rings. The number of fused-ring (bicyclic) bond motifs is 1. The number of halogens is 2. The van der Waals surface area contributed by atoms with Crippen molar-refractivity contribution in [3.05, 3.63) is 33.0 Å². The monoisotopic (exact) mass is 392 g/mol. The van der Waals surface area contributed by atoms with Gasteiger partial charge in [-0.1, -0.05) is 0 Å². The normalized spacial score (nSPS) is 13.8. The second kappa shape index (κ2) is 9.37. The Bertz CT molecular complexity index is 683. The van der Waals surface area contributed by atoms with Crippen molar-refractivity contribution in [1.29, 1.82) is 0 Å². The van der Waals surface area contributed by atoms with Crippen LogP contribution in [0.3, 0.4) is 0 Å². The van der Waals surface area contributed by atoms with E-state index in [1.807, 2.05) is 0 Å². The van der Waals surface area contributed by atoms with Crippen molar-refractivity contribution in [2.24, 2.45) is 11.7 Å². The topological polar surface area (TPSA) is 126 Å². The lowest BCUT2D eigenvalue weighted by Crippen LogP contribution is -3.13. The summed E-state index contributed by atoms with van der Waals surface area (Å²) in [4.78, 5) is 0.739. The summed E-state index contributed by atoms with van der Waals surface area (Å²) in [5, 5.41) is 20.7. The smallest absolute Gasteiger partial charge is 0.201 e. The molecule has 2 rings (SSSR count). The van der Waals surface area contributed by atoms with Crippen LogP contribution in [0.25, 0.3) is 10.1 Å². The van der Waals surface area contributed by atoms with Gasteiger partial charge in [0.2, 0.25) is 11.5 Å².